The zero-order valence-electron chi connectivity index (χ0n) is 15.7. The first-order valence-corrected chi connectivity index (χ1v) is 9.24. The van der Waals surface area contributed by atoms with Gasteiger partial charge < -0.3 is 20.4 Å². The molecule has 0 spiro atoms. The number of benzene rings is 1. The van der Waals surface area contributed by atoms with Crippen molar-refractivity contribution in [3.63, 3.8) is 0 Å². The number of carbonyl (C=O) groups is 1. The number of carbonyl (C=O) groups excluding carboxylic acids is 1. The zero-order valence-corrected chi connectivity index (χ0v) is 15.7. The highest BCUT2D eigenvalue weighted by atomic mass is 16.2. The molecule has 6 nitrogen and oxygen atoms in total. The van der Waals surface area contributed by atoms with Crippen molar-refractivity contribution in [1.82, 2.24) is 15.5 Å². The number of guanidine groups is 1. The Hall–Kier alpha value is -2.24. The molecule has 0 saturated carbocycles. The van der Waals surface area contributed by atoms with E-state index in [1.165, 1.54) is 18.4 Å². The molecule has 25 heavy (non-hydrogen) atoms. The van der Waals surface area contributed by atoms with Crippen molar-refractivity contribution in [2.75, 3.05) is 44.7 Å². The van der Waals surface area contributed by atoms with Gasteiger partial charge in [-0.1, -0.05) is 25.5 Å². The average molecular weight is 345 g/mol. The number of nitrogens with one attached hydrogen (secondary N) is 2. The fourth-order valence-electron chi connectivity index (χ4n) is 2.81. The first kappa shape index (κ1) is 19.1. The first-order valence-electron chi connectivity index (χ1n) is 9.24. The second-order valence-corrected chi connectivity index (χ2v) is 6.38. The third kappa shape index (κ3) is 5.96. The molecular formula is C19H31N5O. The quantitative estimate of drug-likeness (QED) is 0.585. The van der Waals surface area contributed by atoms with E-state index in [0.717, 1.165) is 31.3 Å². The number of unbranched alkanes of at least 4 members (excludes halogenated alkanes) is 1. The molecule has 138 valence electrons. The van der Waals surface area contributed by atoms with Crippen molar-refractivity contribution < 1.29 is 4.79 Å². The number of rotatable bonds is 7. The molecule has 2 N–H and O–H groups in total. The maximum atomic E-state index is 11.5. The largest absolute Gasteiger partial charge is 0.360 e. The second-order valence-electron chi connectivity index (χ2n) is 6.38. The molecule has 0 atom stereocenters. The summed E-state index contributed by atoms with van der Waals surface area (Å²) in [4.78, 5) is 20.5. The number of amides is 1. The van der Waals surface area contributed by atoms with Crippen molar-refractivity contribution >= 4 is 17.6 Å². The van der Waals surface area contributed by atoms with Crippen molar-refractivity contribution in [2.45, 2.75) is 33.2 Å². The Labute approximate surface area is 151 Å². The van der Waals surface area contributed by atoms with Crippen LogP contribution in [0.25, 0.3) is 0 Å². The van der Waals surface area contributed by atoms with Crippen LogP contribution in [0, 0.1) is 0 Å². The van der Waals surface area contributed by atoms with E-state index in [0.29, 0.717) is 19.6 Å². The van der Waals surface area contributed by atoms with Gasteiger partial charge in [0, 0.05) is 38.9 Å². The van der Waals surface area contributed by atoms with Gasteiger partial charge in [0.1, 0.15) is 0 Å². The van der Waals surface area contributed by atoms with Crippen LogP contribution in [-0.4, -0.2) is 56.5 Å². The minimum atomic E-state index is 0.0883. The van der Waals surface area contributed by atoms with Gasteiger partial charge in [-0.25, -0.2) is 4.99 Å². The number of hydrogen-bond acceptors (Lipinski definition) is 3. The normalized spacial score (nSPS) is 15.1. The number of aliphatic imine (C=N–C) groups is 1. The lowest BCUT2D eigenvalue weighted by Crippen LogP contribution is -2.47. The third-order valence-corrected chi connectivity index (χ3v) is 4.29. The molecule has 1 fully saturated rings. The summed E-state index contributed by atoms with van der Waals surface area (Å²) < 4.78 is 0. The lowest BCUT2D eigenvalue weighted by Gasteiger charge is -2.28. The predicted octanol–water partition coefficient (Wildman–Crippen LogP) is 1.82. The summed E-state index contributed by atoms with van der Waals surface area (Å²) >= 11 is 0. The molecule has 0 aliphatic carbocycles. The van der Waals surface area contributed by atoms with E-state index in [1.807, 2.05) is 0 Å². The van der Waals surface area contributed by atoms with Crippen LogP contribution in [-0.2, 0) is 11.3 Å². The standard InChI is InChI=1S/C19H31N5O/c1-4-6-12-23(3)19(20-5-2)22-14-16-7-9-17(10-8-16)24-13-11-21-18(25)15-24/h7-10H,4-6,11-15H2,1-3H3,(H,20,22)(H,21,25). The number of hydrogen-bond donors (Lipinski definition) is 2. The van der Waals surface area contributed by atoms with Crippen molar-refractivity contribution in [2.24, 2.45) is 4.99 Å². The highest BCUT2D eigenvalue weighted by molar-refractivity contribution is 5.82. The van der Waals surface area contributed by atoms with Crippen LogP contribution in [0.5, 0.6) is 0 Å². The maximum absolute atomic E-state index is 11.5. The molecule has 2 rings (SSSR count). The molecule has 0 unspecified atom stereocenters. The minimum absolute atomic E-state index is 0.0883. The summed E-state index contributed by atoms with van der Waals surface area (Å²) in [5.74, 6) is 1.04. The van der Waals surface area contributed by atoms with Crippen LogP contribution in [0.15, 0.2) is 29.3 Å². The number of piperazine rings is 1. The molecule has 0 aromatic heterocycles. The third-order valence-electron chi connectivity index (χ3n) is 4.29. The molecule has 1 aliphatic rings. The first-order chi connectivity index (χ1) is 12.1. The molecule has 1 amide bonds. The summed E-state index contributed by atoms with van der Waals surface area (Å²) in [5, 5.41) is 6.21. The summed E-state index contributed by atoms with van der Waals surface area (Å²) in [6, 6.07) is 8.36. The fraction of sp³-hybridized carbons (Fsp3) is 0.579. The molecular weight excluding hydrogens is 314 g/mol. The smallest absolute Gasteiger partial charge is 0.239 e. The molecule has 1 aromatic rings. The molecule has 1 heterocycles. The van der Waals surface area contributed by atoms with Crippen LogP contribution in [0.4, 0.5) is 5.69 Å². The monoisotopic (exact) mass is 345 g/mol. The van der Waals surface area contributed by atoms with Gasteiger partial charge >= 0.3 is 0 Å². The van der Waals surface area contributed by atoms with Crippen molar-refractivity contribution in [3.8, 4) is 0 Å². The Balaban J connectivity index is 1.97. The van der Waals surface area contributed by atoms with E-state index in [4.69, 9.17) is 4.99 Å². The lowest BCUT2D eigenvalue weighted by atomic mass is 10.2. The topological polar surface area (TPSA) is 60.0 Å². The summed E-state index contributed by atoms with van der Waals surface area (Å²) in [6.07, 6.45) is 2.35. The van der Waals surface area contributed by atoms with Gasteiger partial charge in [0.15, 0.2) is 5.96 Å². The van der Waals surface area contributed by atoms with E-state index in [-0.39, 0.29) is 5.91 Å². The molecule has 0 bridgehead atoms. The van der Waals surface area contributed by atoms with Gasteiger partial charge in [-0.15, -0.1) is 0 Å². The zero-order chi connectivity index (χ0) is 18.1. The van der Waals surface area contributed by atoms with E-state index in [9.17, 15) is 4.79 Å². The van der Waals surface area contributed by atoms with Gasteiger partial charge in [-0.2, -0.15) is 0 Å². The Kier molecular flexibility index (Phi) is 7.57. The average Bonchev–Trinajstić information content (AvgIpc) is 2.63. The molecule has 1 saturated heterocycles. The highest BCUT2D eigenvalue weighted by Crippen LogP contribution is 2.16. The van der Waals surface area contributed by atoms with Crippen molar-refractivity contribution in [3.05, 3.63) is 29.8 Å². The van der Waals surface area contributed by atoms with Crippen LogP contribution in [0.1, 0.15) is 32.3 Å². The Morgan fingerprint density at radius 3 is 2.72 bits per heavy atom. The number of nitrogens with zero attached hydrogens (tertiary/aromatic N) is 3. The van der Waals surface area contributed by atoms with Crippen molar-refractivity contribution in [1.29, 1.82) is 0 Å². The minimum Gasteiger partial charge on any atom is -0.360 e. The Morgan fingerprint density at radius 1 is 1.32 bits per heavy atom. The Bertz CT molecular complexity index is 570. The van der Waals surface area contributed by atoms with Crippen LogP contribution in [0.2, 0.25) is 0 Å². The SMILES string of the molecule is CCCCN(C)C(=NCc1ccc(N2CCNC(=O)C2)cc1)NCC. The van der Waals surface area contributed by atoms with Gasteiger partial charge in [-0.05, 0) is 31.0 Å². The van der Waals surface area contributed by atoms with E-state index in [2.05, 4.69) is 65.6 Å². The Morgan fingerprint density at radius 2 is 2.08 bits per heavy atom. The van der Waals surface area contributed by atoms with Crippen LogP contribution in [0.3, 0.4) is 0 Å². The van der Waals surface area contributed by atoms with E-state index in [1.54, 1.807) is 0 Å². The summed E-state index contributed by atoms with van der Waals surface area (Å²) in [5.41, 5.74) is 2.26. The van der Waals surface area contributed by atoms with Gasteiger partial charge in [0.05, 0.1) is 13.1 Å². The van der Waals surface area contributed by atoms with Crippen LogP contribution < -0.4 is 15.5 Å². The predicted molar refractivity (Wildman–Crippen MR) is 104 cm³/mol. The van der Waals surface area contributed by atoms with Gasteiger partial charge in [0.25, 0.3) is 0 Å². The second kappa shape index (κ2) is 9.91. The highest BCUT2D eigenvalue weighted by Gasteiger charge is 2.16. The molecule has 6 heteroatoms. The van der Waals surface area contributed by atoms with Gasteiger partial charge in [-0.3, -0.25) is 4.79 Å². The summed E-state index contributed by atoms with van der Waals surface area (Å²) in [6.45, 7) is 8.82. The van der Waals surface area contributed by atoms with Gasteiger partial charge in [0.2, 0.25) is 5.91 Å². The maximum Gasteiger partial charge on any atom is 0.239 e. The van der Waals surface area contributed by atoms with E-state index < -0.39 is 0 Å². The number of anilines is 1. The van der Waals surface area contributed by atoms with E-state index >= 15 is 0 Å². The molecule has 1 aromatic carbocycles. The summed E-state index contributed by atoms with van der Waals surface area (Å²) in [7, 11) is 2.08. The molecule has 1 aliphatic heterocycles. The van der Waals surface area contributed by atoms with Crippen LogP contribution >= 0.6 is 0 Å². The fourth-order valence-corrected chi connectivity index (χ4v) is 2.81. The molecule has 0 radical (unpaired) electrons. The lowest BCUT2D eigenvalue weighted by molar-refractivity contribution is -0.120.